The van der Waals surface area contributed by atoms with Gasteiger partial charge < -0.3 is 10.6 Å². The average molecular weight is 268 g/mol. The van der Waals surface area contributed by atoms with Gasteiger partial charge in [-0.15, -0.1) is 11.3 Å². The largest absolute Gasteiger partial charge is 0.348 e. The molecule has 1 heterocycles. The van der Waals surface area contributed by atoms with Gasteiger partial charge in [0.25, 0.3) is 0 Å². The number of amides is 1. The second kappa shape index (κ2) is 8.27. The third-order valence-electron chi connectivity index (χ3n) is 2.70. The van der Waals surface area contributed by atoms with Gasteiger partial charge in [0.1, 0.15) is 0 Å². The lowest BCUT2D eigenvalue weighted by molar-refractivity contribution is -0.121. The van der Waals surface area contributed by atoms with Crippen LogP contribution in [0.5, 0.6) is 0 Å². The molecular formula is C14H24N2OS. The number of rotatable bonds is 8. The first-order chi connectivity index (χ1) is 8.63. The topological polar surface area (TPSA) is 41.1 Å². The molecule has 4 heteroatoms. The number of carbonyl (C=O) groups excluding carboxylic acids is 1. The minimum atomic E-state index is 0.134. The number of nitrogens with one attached hydrogen (secondary N) is 2. The van der Waals surface area contributed by atoms with E-state index < -0.39 is 0 Å². The molecule has 18 heavy (non-hydrogen) atoms. The van der Waals surface area contributed by atoms with Crippen LogP contribution in [0.4, 0.5) is 0 Å². The van der Waals surface area contributed by atoms with Crippen molar-refractivity contribution in [1.29, 1.82) is 0 Å². The van der Waals surface area contributed by atoms with Gasteiger partial charge in [0, 0.05) is 23.9 Å². The summed E-state index contributed by atoms with van der Waals surface area (Å²) in [5.74, 6) is 0.134. The van der Waals surface area contributed by atoms with E-state index in [1.807, 2.05) is 6.07 Å². The van der Waals surface area contributed by atoms with Crippen LogP contribution in [0.3, 0.4) is 0 Å². The Labute approximate surface area is 114 Å². The first kappa shape index (κ1) is 15.2. The highest BCUT2D eigenvalue weighted by Crippen LogP contribution is 2.23. The number of hydrogen-bond acceptors (Lipinski definition) is 3. The molecule has 102 valence electrons. The van der Waals surface area contributed by atoms with Crippen LogP contribution in [0, 0.1) is 0 Å². The zero-order valence-corrected chi connectivity index (χ0v) is 12.3. The molecule has 1 unspecified atom stereocenters. The van der Waals surface area contributed by atoms with E-state index in [4.69, 9.17) is 0 Å². The molecular weight excluding hydrogens is 244 g/mol. The van der Waals surface area contributed by atoms with Crippen LogP contribution in [-0.2, 0) is 4.79 Å². The van der Waals surface area contributed by atoms with Crippen LogP contribution in [0.15, 0.2) is 17.5 Å². The van der Waals surface area contributed by atoms with Crippen LogP contribution in [0.2, 0.25) is 0 Å². The highest BCUT2D eigenvalue weighted by atomic mass is 32.1. The van der Waals surface area contributed by atoms with Crippen molar-refractivity contribution in [2.45, 2.75) is 52.1 Å². The van der Waals surface area contributed by atoms with Crippen molar-refractivity contribution in [2.75, 3.05) is 6.54 Å². The molecule has 0 aliphatic carbocycles. The van der Waals surface area contributed by atoms with E-state index in [0.29, 0.717) is 12.5 Å². The molecule has 0 radical (unpaired) electrons. The molecule has 0 aromatic carbocycles. The fourth-order valence-corrected chi connectivity index (χ4v) is 2.62. The van der Waals surface area contributed by atoms with Gasteiger partial charge in [0.05, 0.1) is 6.04 Å². The van der Waals surface area contributed by atoms with Gasteiger partial charge in [0.2, 0.25) is 5.91 Å². The maximum atomic E-state index is 11.9. The number of hydrogen-bond donors (Lipinski definition) is 2. The zero-order valence-electron chi connectivity index (χ0n) is 11.5. The molecule has 0 saturated carbocycles. The van der Waals surface area contributed by atoms with E-state index in [2.05, 4.69) is 42.9 Å². The fraction of sp³-hybridized carbons (Fsp3) is 0.643. The maximum Gasteiger partial charge on any atom is 0.221 e. The van der Waals surface area contributed by atoms with Crippen LogP contribution in [-0.4, -0.2) is 18.5 Å². The minimum Gasteiger partial charge on any atom is -0.348 e. The zero-order chi connectivity index (χ0) is 13.4. The third-order valence-corrected chi connectivity index (χ3v) is 3.69. The van der Waals surface area contributed by atoms with E-state index in [1.165, 1.54) is 4.88 Å². The SMILES string of the molecule is CCCC(NC(=O)CCNC(C)C)c1cccs1. The van der Waals surface area contributed by atoms with E-state index >= 15 is 0 Å². The molecule has 0 spiro atoms. The van der Waals surface area contributed by atoms with Crippen molar-refractivity contribution >= 4 is 17.2 Å². The predicted molar refractivity (Wildman–Crippen MR) is 77.9 cm³/mol. The number of carbonyl (C=O) groups is 1. The molecule has 3 nitrogen and oxygen atoms in total. The van der Waals surface area contributed by atoms with Crippen LogP contribution >= 0.6 is 11.3 Å². The lowest BCUT2D eigenvalue weighted by Gasteiger charge is -2.17. The van der Waals surface area contributed by atoms with Crippen molar-refractivity contribution in [3.63, 3.8) is 0 Å². The van der Waals surface area contributed by atoms with Gasteiger partial charge in [0.15, 0.2) is 0 Å². The summed E-state index contributed by atoms with van der Waals surface area (Å²) in [4.78, 5) is 13.1. The Kier molecular flexibility index (Phi) is 6.98. The normalized spacial score (nSPS) is 12.7. The molecule has 2 N–H and O–H groups in total. The smallest absolute Gasteiger partial charge is 0.221 e. The van der Waals surface area contributed by atoms with E-state index in [1.54, 1.807) is 11.3 Å². The minimum absolute atomic E-state index is 0.134. The van der Waals surface area contributed by atoms with Crippen LogP contribution in [0.25, 0.3) is 0 Å². The predicted octanol–water partition coefficient (Wildman–Crippen LogP) is 3.09. The standard InChI is InChI=1S/C14H24N2OS/c1-4-6-12(13-7-5-10-18-13)16-14(17)8-9-15-11(2)3/h5,7,10-12,15H,4,6,8-9H2,1-3H3,(H,16,17). The monoisotopic (exact) mass is 268 g/mol. The summed E-state index contributed by atoms with van der Waals surface area (Å²) >= 11 is 1.71. The lowest BCUT2D eigenvalue weighted by Crippen LogP contribution is -2.32. The van der Waals surface area contributed by atoms with Gasteiger partial charge in [-0.05, 0) is 17.9 Å². The first-order valence-electron chi connectivity index (χ1n) is 6.69. The Morgan fingerprint density at radius 2 is 2.22 bits per heavy atom. The van der Waals surface area contributed by atoms with Gasteiger partial charge in [-0.3, -0.25) is 4.79 Å². The van der Waals surface area contributed by atoms with Crippen LogP contribution in [0.1, 0.15) is 51.0 Å². The third kappa shape index (κ3) is 5.65. The highest BCUT2D eigenvalue weighted by Gasteiger charge is 2.14. The summed E-state index contributed by atoms with van der Waals surface area (Å²) in [6, 6.07) is 4.75. The fourth-order valence-electron chi connectivity index (χ4n) is 1.80. The Hall–Kier alpha value is -0.870. The van der Waals surface area contributed by atoms with E-state index in [-0.39, 0.29) is 11.9 Å². The highest BCUT2D eigenvalue weighted by molar-refractivity contribution is 7.10. The summed E-state index contributed by atoms with van der Waals surface area (Å²) in [6.45, 7) is 7.06. The molecule has 1 amide bonds. The Morgan fingerprint density at radius 1 is 1.44 bits per heavy atom. The molecule has 1 rings (SSSR count). The summed E-state index contributed by atoms with van der Waals surface area (Å²) in [7, 11) is 0. The van der Waals surface area contributed by atoms with Gasteiger partial charge >= 0.3 is 0 Å². The number of thiophene rings is 1. The van der Waals surface area contributed by atoms with E-state index in [0.717, 1.165) is 19.4 Å². The molecule has 0 aliphatic rings. The second-order valence-corrected chi connectivity index (χ2v) is 5.76. The van der Waals surface area contributed by atoms with Gasteiger partial charge in [-0.2, -0.15) is 0 Å². The molecule has 1 aromatic rings. The molecule has 0 aliphatic heterocycles. The van der Waals surface area contributed by atoms with Crippen molar-refractivity contribution in [2.24, 2.45) is 0 Å². The Balaban J connectivity index is 2.39. The molecule has 1 atom stereocenters. The Bertz CT molecular complexity index is 336. The van der Waals surface area contributed by atoms with Crippen molar-refractivity contribution in [1.82, 2.24) is 10.6 Å². The van der Waals surface area contributed by atoms with Crippen molar-refractivity contribution < 1.29 is 4.79 Å². The molecule has 1 aromatic heterocycles. The molecule has 0 bridgehead atoms. The van der Waals surface area contributed by atoms with E-state index in [9.17, 15) is 4.79 Å². The van der Waals surface area contributed by atoms with Crippen molar-refractivity contribution in [3.8, 4) is 0 Å². The Morgan fingerprint density at radius 3 is 2.78 bits per heavy atom. The molecule has 0 saturated heterocycles. The van der Waals surface area contributed by atoms with Gasteiger partial charge in [-0.25, -0.2) is 0 Å². The maximum absolute atomic E-state index is 11.9. The average Bonchev–Trinajstić information content (AvgIpc) is 2.81. The summed E-state index contributed by atoms with van der Waals surface area (Å²) in [6.07, 6.45) is 2.63. The summed E-state index contributed by atoms with van der Waals surface area (Å²) in [5.41, 5.74) is 0. The quantitative estimate of drug-likeness (QED) is 0.760. The van der Waals surface area contributed by atoms with Gasteiger partial charge in [-0.1, -0.05) is 33.3 Å². The lowest BCUT2D eigenvalue weighted by atomic mass is 10.1. The second-order valence-electron chi connectivity index (χ2n) is 4.78. The summed E-state index contributed by atoms with van der Waals surface area (Å²) in [5, 5.41) is 8.44. The molecule has 0 fully saturated rings. The first-order valence-corrected chi connectivity index (χ1v) is 7.57. The van der Waals surface area contributed by atoms with Crippen LogP contribution < -0.4 is 10.6 Å². The van der Waals surface area contributed by atoms with Crippen molar-refractivity contribution in [3.05, 3.63) is 22.4 Å². The summed E-state index contributed by atoms with van der Waals surface area (Å²) < 4.78 is 0.